The zero-order valence-corrected chi connectivity index (χ0v) is 28.9. The van der Waals surface area contributed by atoms with Crippen molar-refractivity contribution in [2.24, 2.45) is 0 Å². The second-order valence-corrected chi connectivity index (χ2v) is 12.3. The van der Waals surface area contributed by atoms with Gasteiger partial charge >= 0.3 is 0 Å². The molecule has 0 unspecified atom stereocenters. The van der Waals surface area contributed by atoms with Gasteiger partial charge in [-0.2, -0.15) is 0 Å². The molecule has 0 bridgehead atoms. The quantitative estimate of drug-likeness (QED) is 0.140. The van der Waals surface area contributed by atoms with Crippen LogP contribution in [0.4, 0.5) is 0 Å². The van der Waals surface area contributed by atoms with Crippen molar-refractivity contribution in [2.45, 2.75) is 126 Å². The van der Waals surface area contributed by atoms with Crippen molar-refractivity contribution < 1.29 is 19.4 Å². The largest absolute Gasteiger partial charge is 0.840 e. The maximum absolute atomic E-state index is 12.8. The first-order chi connectivity index (χ1) is 20.4. The number of hydrogen-bond donors (Lipinski definition) is 0. The second-order valence-electron chi connectivity index (χ2n) is 12.3. The summed E-state index contributed by atoms with van der Waals surface area (Å²) in [6, 6.07) is 0. The van der Waals surface area contributed by atoms with Crippen LogP contribution in [0.25, 0.3) is 0 Å². The van der Waals surface area contributed by atoms with Crippen molar-refractivity contribution in [2.75, 3.05) is 14.2 Å². The molecule has 1 radical (unpaired) electrons. The van der Waals surface area contributed by atoms with Crippen molar-refractivity contribution in [3.8, 4) is 0 Å². The van der Waals surface area contributed by atoms with E-state index in [1.165, 1.54) is 54.1 Å². The van der Waals surface area contributed by atoms with Gasteiger partial charge in [-0.05, 0) is 132 Å². The molecular formula is C39H58O4-. The van der Waals surface area contributed by atoms with Crippen molar-refractivity contribution in [3.63, 3.8) is 0 Å². The SMILES string of the molecule is COC1=C(OC)C(=O)C(C/C=C(\C)CC/C=C(\C)CC/C=C(\C)CC/C=C(\C)CC/C=C(\C)CCC=C(C)C)=C(C)[C]1[O-]. The monoisotopic (exact) mass is 590 g/mol. The Bertz CT molecular complexity index is 1160. The average Bonchev–Trinajstić information content (AvgIpc) is 2.94. The van der Waals surface area contributed by atoms with Crippen LogP contribution in [-0.4, -0.2) is 20.0 Å². The smallest absolute Gasteiger partial charge is 0.227 e. The van der Waals surface area contributed by atoms with E-state index in [0.29, 0.717) is 17.6 Å². The molecule has 0 N–H and O–H groups in total. The number of Topliss-reactive ketones (excluding diaryl/α,β-unsaturated/α-hetero) is 1. The maximum atomic E-state index is 12.8. The third-order valence-corrected chi connectivity index (χ3v) is 7.97. The van der Waals surface area contributed by atoms with Crippen LogP contribution >= 0.6 is 0 Å². The minimum atomic E-state index is -0.283. The van der Waals surface area contributed by atoms with Crippen molar-refractivity contribution >= 4 is 5.78 Å². The first-order valence-electron chi connectivity index (χ1n) is 15.9. The Hall–Kier alpha value is -2.85. The summed E-state index contributed by atoms with van der Waals surface area (Å²) in [5, 5.41) is 12.6. The summed E-state index contributed by atoms with van der Waals surface area (Å²) in [5.41, 5.74) is 9.39. The summed E-state index contributed by atoms with van der Waals surface area (Å²) >= 11 is 0. The first kappa shape index (κ1) is 38.2. The molecule has 0 aliphatic heterocycles. The van der Waals surface area contributed by atoms with Crippen molar-refractivity contribution in [1.82, 2.24) is 0 Å². The maximum Gasteiger partial charge on any atom is 0.227 e. The highest BCUT2D eigenvalue weighted by atomic mass is 16.5. The summed E-state index contributed by atoms with van der Waals surface area (Å²) in [7, 11) is 2.77. The molecule has 0 spiro atoms. The van der Waals surface area contributed by atoms with Gasteiger partial charge in [-0.3, -0.25) is 4.79 Å². The van der Waals surface area contributed by atoms with Crippen LogP contribution in [0.15, 0.2) is 92.6 Å². The van der Waals surface area contributed by atoms with Gasteiger partial charge in [0.2, 0.25) is 11.5 Å². The molecular weight excluding hydrogens is 532 g/mol. The lowest BCUT2D eigenvalue weighted by atomic mass is 9.89. The Labute approximate surface area is 263 Å². The third-order valence-electron chi connectivity index (χ3n) is 7.97. The molecule has 1 rings (SSSR count). The fourth-order valence-electron chi connectivity index (χ4n) is 5.00. The van der Waals surface area contributed by atoms with Gasteiger partial charge in [0.1, 0.15) is 5.76 Å². The molecule has 4 nitrogen and oxygen atoms in total. The highest BCUT2D eigenvalue weighted by Crippen LogP contribution is 2.33. The number of ketones is 1. The lowest BCUT2D eigenvalue weighted by Crippen LogP contribution is -2.30. The van der Waals surface area contributed by atoms with Crippen LogP contribution in [-0.2, 0) is 14.3 Å². The number of hydrogen-bond acceptors (Lipinski definition) is 4. The molecule has 43 heavy (non-hydrogen) atoms. The number of allylic oxidation sites excluding steroid dienone is 13. The molecule has 4 heteroatoms. The topological polar surface area (TPSA) is 58.6 Å². The molecule has 0 aromatic carbocycles. The van der Waals surface area contributed by atoms with E-state index >= 15 is 0 Å². The lowest BCUT2D eigenvalue weighted by Gasteiger charge is -2.32. The molecule has 0 saturated heterocycles. The van der Waals surface area contributed by atoms with E-state index in [1.807, 2.05) is 6.08 Å². The van der Waals surface area contributed by atoms with E-state index in [9.17, 15) is 9.90 Å². The number of rotatable bonds is 19. The fraction of sp³-hybridized carbons (Fsp3) is 0.538. The number of ether oxygens (including phenoxy) is 2. The number of carbonyl (C=O) groups excluding carboxylic acids is 1. The van der Waals surface area contributed by atoms with Gasteiger partial charge in [-0.15, -0.1) is 0 Å². The standard InChI is InChI=1S/C39H58O4/c1-28(2)16-11-17-29(3)18-12-19-30(4)20-13-21-31(5)22-14-23-32(6)24-15-25-33(7)26-27-35-34(8)36(40)38(42-9)39(43-10)37(35)41/h16,18,20,22,24,26H,11-15,17,19,21,23,25,27H2,1-10H3/q-1/b29-18+,30-20+,31-22+,32-24+,33-26+. The van der Waals surface area contributed by atoms with E-state index in [-0.39, 0.29) is 23.4 Å². The first-order valence-corrected chi connectivity index (χ1v) is 15.9. The van der Waals surface area contributed by atoms with Gasteiger partial charge in [0.15, 0.2) is 0 Å². The molecule has 239 valence electrons. The Morgan fingerprint density at radius 2 is 0.930 bits per heavy atom. The van der Waals surface area contributed by atoms with Crippen LogP contribution in [0, 0.1) is 6.10 Å². The predicted octanol–water partition coefficient (Wildman–Crippen LogP) is 10.3. The molecule has 1 aliphatic carbocycles. The van der Waals surface area contributed by atoms with Gasteiger partial charge < -0.3 is 14.6 Å². The summed E-state index contributed by atoms with van der Waals surface area (Å²) in [6.45, 7) is 17.1. The van der Waals surface area contributed by atoms with Crippen LogP contribution in [0.1, 0.15) is 126 Å². The Balaban J connectivity index is 2.41. The Kier molecular flexibility index (Phi) is 18.6. The summed E-state index contributed by atoms with van der Waals surface area (Å²) < 4.78 is 10.3. The molecule has 0 aromatic rings. The summed E-state index contributed by atoms with van der Waals surface area (Å²) in [4.78, 5) is 12.8. The van der Waals surface area contributed by atoms with Gasteiger partial charge in [0, 0.05) is 5.57 Å². The molecule has 0 amide bonds. The number of methoxy groups -OCH3 is 2. The Morgan fingerprint density at radius 1 is 0.581 bits per heavy atom. The molecule has 0 saturated carbocycles. The van der Waals surface area contributed by atoms with Crippen LogP contribution < -0.4 is 5.11 Å². The van der Waals surface area contributed by atoms with E-state index in [0.717, 1.165) is 57.8 Å². The van der Waals surface area contributed by atoms with E-state index < -0.39 is 0 Å². The average molecular weight is 591 g/mol. The zero-order valence-electron chi connectivity index (χ0n) is 28.9. The minimum absolute atomic E-state index is 0.00604. The van der Waals surface area contributed by atoms with Crippen LogP contribution in [0.5, 0.6) is 0 Å². The van der Waals surface area contributed by atoms with Crippen LogP contribution in [0.2, 0.25) is 0 Å². The minimum Gasteiger partial charge on any atom is -0.840 e. The van der Waals surface area contributed by atoms with E-state index in [4.69, 9.17) is 9.47 Å². The van der Waals surface area contributed by atoms with Gasteiger partial charge in [-0.1, -0.05) is 75.5 Å². The highest BCUT2D eigenvalue weighted by molar-refractivity contribution is 6.09. The second kappa shape index (κ2) is 21.0. The molecule has 1 aliphatic rings. The van der Waals surface area contributed by atoms with Gasteiger partial charge in [0.05, 0.1) is 14.2 Å². The van der Waals surface area contributed by atoms with E-state index in [2.05, 4.69) is 78.8 Å². The molecule has 0 atom stereocenters. The zero-order chi connectivity index (χ0) is 32.4. The van der Waals surface area contributed by atoms with Gasteiger partial charge in [0.25, 0.3) is 0 Å². The van der Waals surface area contributed by atoms with Crippen molar-refractivity contribution in [3.05, 3.63) is 98.7 Å². The Morgan fingerprint density at radius 3 is 1.28 bits per heavy atom. The summed E-state index contributed by atoms with van der Waals surface area (Å²) in [5.74, 6) is -0.286. The molecule has 0 fully saturated rings. The highest BCUT2D eigenvalue weighted by Gasteiger charge is 2.30. The predicted molar refractivity (Wildman–Crippen MR) is 181 cm³/mol. The molecule has 0 aromatic heterocycles. The molecule has 0 heterocycles. The number of carbonyl (C=O) groups is 1. The lowest BCUT2D eigenvalue weighted by molar-refractivity contribution is -0.342. The summed E-state index contributed by atoms with van der Waals surface area (Å²) in [6.07, 6.45) is 24.9. The van der Waals surface area contributed by atoms with Crippen molar-refractivity contribution in [1.29, 1.82) is 0 Å². The van der Waals surface area contributed by atoms with Crippen LogP contribution in [0.3, 0.4) is 0 Å². The third kappa shape index (κ3) is 14.9. The fourth-order valence-corrected chi connectivity index (χ4v) is 5.00. The normalized spacial score (nSPS) is 16.3. The van der Waals surface area contributed by atoms with Gasteiger partial charge in [-0.25, -0.2) is 0 Å². The van der Waals surface area contributed by atoms with E-state index in [1.54, 1.807) is 6.92 Å².